The van der Waals surface area contributed by atoms with Gasteiger partial charge in [0.1, 0.15) is 5.76 Å². The standard InChI is InChI=1S/C14H16N2O2.C2H4O2/c17-14-9-13(18-16-14)11-6-7-15-12(8-11)10-4-2-1-3-5-10;1-2(3)4/h1-5,9,11-12,15H,6-8H2,(H,16,17);1H3,(H,3,4). The number of H-pyrrole nitrogens is 1. The molecule has 22 heavy (non-hydrogen) atoms. The van der Waals surface area contributed by atoms with Crippen LogP contribution in [0.25, 0.3) is 0 Å². The first-order valence-corrected chi connectivity index (χ1v) is 7.22. The molecule has 3 rings (SSSR count). The summed E-state index contributed by atoms with van der Waals surface area (Å²) in [5, 5.41) is 13.3. The summed E-state index contributed by atoms with van der Waals surface area (Å²) in [6.45, 7) is 2.03. The van der Waals surface area contributed by atoms with Crippen LogP contribution in [-0.2, 0) is 4.79 Å². The predicted molar refractivity (Wildman–Crippen MR) is 81.8 cm³/mol. The normalized spacial score (nSPS) is 20.8. The van der Waals surface area contributed by atoms with Gasteiger partial charge in [-0.25, -0.2) is 0 Å². The number of piperidine rings is 1. The van der Waals surface area contributed by atoms with Gasteiger partial charge in [-0.3, -0.25) is 9.59 Å². The quantitative estimate of drug-likeness (QED) is 0.791. The van der Waals surface area contributed by atoms with Crippen LogP contribution in [0.3, 0.4) is 0 Å². The van der Waals surface area contributed by atoms with Gasteiger partial charge >= 0.3 is 0 Å². The third kappa shape index (κ3) is 4.60. The minimum absolute atomic E-state index is 0.153. The second kappa shape index (κ2) is 7.61. The molecule has 3 N–H and O–H groups in total. The van der Waals surface area contributed by atoms with Crippen LogP contribution in [0, 0.1) is 0 Å². The maximum Gasteiger partial charge on any atom is 0.300 e. The zero-order chi connectivity index (χ0) is 15.9. The van der Waals surface area contributed by atoms with E-state index in [9.17, 15) is 4.79 Å². The summed E-state index contributed by atoms with van der Waals surface area (Å²) in [6, 6.07) is 12.3. The molecule has 2 unspecified atom stereocenters. The molecule has 0 bridgehead atoms. The highest BCUT2D eigenvalue weighted by Gasteiger charge is 2.26. The fourth-order valence-electron chi connectivity index (χ4n) is 2.61. The van der Waals surface area contributed by atoms with Crippen molar-refractivity contribution < 1.29 is 14.4 Å². The Balaban J connectivity index is 0.000000396. The third-order valence-electron chi connectivity index (χ3n) is 3.55. The van der Waals surface area contributed by atoms with Crippen LogP contribution in [0.1, 0.15) is 43.0 Å². The van der Waals surface area contributed by atoms with Crippen molar-refractivity contribution in [2.24, 2.45) is 0 Å². The van der Waals surface area contributed by atoms with Crippen molar-refractivity contribution in [3.63, 3.8) is 0 Å². The van der Waals surface area contributed by atoms with Crippen LogP contribution in [0.15, 0.2) is 45.7 Å². The smallest absolute Gasteiger partial charge is 0.300 e. The number of hydrogen-bond donors (Lipinski definition) is 3. The monoisotopic (exact) mass is 304 g/mol. The molecule has 118 valence electrons. The summed E-state index contributed by atoms with van der Waals surface area (Å²) in [6.07, 6.45) is 1.97. The number of carboxylic acids is 1. The van der Waals surface area contributed by atoms with Gasteiger partial charge in [0.05, 0.1) is 0 Å². The molecule has 6 heteroatoms. The number of hydrogen-bond acceptors (Lipinski definition) is 4. The van der Waals surface area contributed by atoms with E-state index in [-0.39, 0.29) is 5.56 Å². The first-order chi connectivity index (χ1) is 10.6. The highest BCUT2D eigenvalue weighted by Crippen LogP contribution is 2.33. The number of benzene rings is 1. The molecule has 0 spiro atoms. The van der Waals surface area contributed by atoms with E-state index in [4.69, 9.17) is 14.4 Å². The van der Waals surface area contributed by atoms with Gasteiger partial charge in [0.25, 0.3) is 11.5 Å². The number of aromatic nitrogens is 1. The van der Waals surface area contributed by atoms with Crippen molar-refractivity contribution in [3.05, 3.63) is 58.1 Å². The first-order valence-electron chi connectivity index (χ1n) is 7.22. The average molecular weight is 304 g/mol. The van der Waals surface area contributed by atoms with Crippen LogP contribution in [0.4, 0.5) is 0 Å². The lowest BCUT2D eigenvalue weighted by molar-refractivity contribution is -0.134. The minimum atomic E-state index is -0.833. The Labute approximate surface area is 128 Å². The maximum atomic E-state index is 11.1. The Morgan fingerprint density at radius 1 is 1.32 bits per heavy atom. The minimum Gasteiger partial charge on any atom is -0.481 e. The number of nitrogens with one attached hydrogen (secondary N) is 2. The Kier molecular flexibility index (Phi) is 5.55. The third-order valence-corrected chi connectivity index (χ3v) is 3.55. The van der Waals surface area contributed by atoms with Crippen molar-refractivity contribution in [2.75, 3.05) is 6.54 Å². The molecule has 0 amide bonds. The van der Waals surface area contributed by atoms with Crippen molar-refractivity contribution in [1.29, 1.82) is 0 Å². The van der Waals surface area contributed by atoms with E-state index in [2.05, 4.69) is 34.7 Å². The van der Waals surface area contributed by atoms with E-state index in [1.807, 2.05) is 6.07 Å². The highest BCUT2D eigenvalue weighted by molar-refractivity contribution is 5.62. The van der Waals surface area contributed by atoms with E-state index < -0.39 is 5.97 Å². The fourth-order valence-corrected chi connectivity index (χ4v) is 2.61. The zero-order valence-corrected chi connectivity index (χ0v) is 12.4. The second-order valence-corrected chi connectivity index (χ2v) is 5.27. The summed E-state index contributed by atoms with van der Waals surface area (Å²) < 4.78 is 5.22. The molecule has 1 aromatic carbocycles. The van der Waals surface area contributed by atoms with Gasteiger partial charge in [0.15, 0.2) is 0 Å². The van der Waals surface area contributed by atoms with Gasteiger partial charge in [-0.2, -0.15) is 5.16 Å². The molecule has 1 saturated heterocycles. The van der Waals surface area contributed by atoms with Crippen molar-refractivity contribution in [2.45, 2.75) is 31.7 Å². The first kappa shape index (κ1) is 16.0. The summed E-state index contributed by atoms with van der Waals surface area (Å²) in [5.74, 6) is 0.262. The highest BCUT2D eigenvalue weighted by atomic mass is 16.5. The van der Waals surface area contributed by atoms with E-state index in [0.717, 1.165) is 32.1 Å². The topological polar surface area (TPSA) is 95.3 Å². The molecule has 6 nitrogen and oxygen atoms in total. The van der Waals surface area contributed by atoms with Gasteiger partial charge in [-0.1, -0.05) is 30.3 Å². The van der Waals surface area contributed by atoms with Crippen LogP contribution in [-0.4, -0.2) is 22.8 Å². The van der Waals surface area contributed by atoms with Crippen molar-refractivity contribution in [3.8, 4) is 0 Å². The Morgan fingerprint density at radius 3 is 2.59 bits per heavy atom. The van der Waals surface area contributed by atoms with E-state index in [0.29, 0.717) is 12.0 Å². The summed E-state index contributed by atoms with van der Waals surface area (Å²) in [7, 11) is 0. The van der Waals surface area contributed by atoms with Gasteiger partial charge in [-0.05, 0) is 24.9 Å². The number of rotatable bonds is 2. The molecule has 1 aliphatic rings. The van der Waals surface area contributed by atoms with Gasteiger partial charge in [0.2, 0.25) is 0 Å². The molecule has 0 saturated carbocycles. The molecular formula is C16H20N2O4. The lowest BCUT2D eigenvalue weighted by Crippen LogP contribution is -2.30. The molecular weight excluding hydrogens is 284 g/mol. The summed E-state index contributed by atoms with van der Waals surface area (Å²) in [4.78, 5) is 20.1. The van der Waals surface area contributed by atoms with Gasteiger partial charge in [0, 0.05) is 24.9 Å². The molecule has 1 aliphatic heterocycles. The number of aromatic amines is 1. The lowest BCUT2D eigenvalue weighted by atomic mass is 9.87. The van der Waals surface area contributed by atoms with Gasteiger partial charge in [-0.15, -0.1) is 0 Å². The van der Waals surface area contributed by atoms with E-state index in [1.54, 1.807) is 6.07 Å². The lowest BCUT2D eigenvalue weighted by Gasteiger charge is -2.29. The fraction of sp³-hybridized carbons (Fsp3) is 0.375. The number of carboxylic acid groups (broad SMARTS) is 1. The molecule has 2 aromatic rings. The molecule has 0 aliphatic carbocycles. The maximum absolute atomic E-state index is 11.1. The van der Waals surface area contributed by atoms with Crippen LogP contribution >= 0.6 is 0 Å². The van der Waals surface area contributed by atoms with E-state index >= 15 is 0 Å². The Hall–Kier alpha value is -2.34. The second-order valence-electron chi connectivity index (χ2n) is 5.27. The van der Waals surface area contributed by atoms with Crippen LogP contribution in [0.5, 0.6) is 0 Å². The van der Waals surface area contributed by atoms with Crippen molar-refractivity contribution in [1.82, 2.24) is 10.5 Å². The average Bonchev–Trinajstić information content (AvgIpc) is 2.94. The predicted octanol–water partition coefficient (Wildman–Crippen LogP) is 2.27. The molecule has 1 aromatic heterocycles. The molecule has 2 atom stereocenters. The summed E-state index contributed by atoms with van der Waals surface area (Å²) >= 11 is 0. The van der Waals surface area contributed by atoms with E-state index in [1.165, 1.54) is 5.56 Å². The largest absolute Gasteiger partial charge is 0.481 e. The zero-order valence-electron chi connectivity index (χ0n) is 12.4. The van der Waals surface area contributed by atoms with Gasteiger partial charge < -0.3 is 14.9 Å². The number of aliphatic carboxylic acids is 1. The summed E-state index contributed by atoms with van der Waals surface area (Å²) in [5.41, 5.74) is 1.14. The van der Waals surface area contributed by atoms with Crippen molar-refractivity contribution >= 4 is 5.97 Å². The molecule has 0 radical (unpaired) electrons. The van der Waals surface area contributed by atoms with Crippen LogP contribution in [0.2, 0.25) is 0 Å². The molecule has 2 heterocycles. The Morgan fingerprint density at radius 2 is 2.00 bits per heavy atom. The van der Waals surface area contributed by atoms with Crippen LogP contribution < -0.4 is 10.9 Å². The number of carbonyl (C=O) groups is 1. The SMILES string of the molecule is CC(=O)O.O=c1cc(C2CCNC(c3ccccc3)C2)o[nH]1. The molecule has 1 fully saturated rings. The Bertz CT molecular complexity index is 643.